The Hall–Kier alpha value is -1.26. The van der Waals surface area contributed by atoms with Gasteiger partial charge in [-0.1, -0.05) is 0 Å². The van der Waals surface area contributed by atoms with Gasteiger partial charge in [0.1, 0.15) is 5.69 Å². The number of H-pyrrole nitrogens is 1. The average molecular weight is 198 g/mol. The number of fused-ring (bicyclic) bond motifs is 2. The Bertz CT molecular complexity index is 413. The highest BCUT2D eigenvalue weighted by molar-refractivity contribution is 5.75. The highest BCUT2D eigenvalue weighted by Crippen LogP contribution is 2.60. The van der Waals surface area contributed by atoms with Crippen LogP contribution in [0.1, 0.15) is 21.7 Å². The molecule has 1 heterocycles. The van der Waals surface area contributed by atoms with Crippen LogP contribution in [0.25, 0.3) is 0 Å². The lowest BCUT2D eigenvalue weighted by Gasteiger charge is -2.06. The zero-order valence-corrected chi connectivity index (χ0v) is 7.26. The molecule has 0 aliphatic heterocycles. The molecule has 2 atom stereocenters. The zero-order valence-electron chi connectivity index (χ0n) is 7.26. The Labute approximate surface area is 78.5 Å². The predicted molar refractivity (Wildman–Crippen MR) is 43.3 cm³/mol. The van der Waals surface area contributed by atoms with Crippen molar-refractivity contribution in [2.24, 2.45) is 11.8 Å². The van der Waals surface area contributed by atoms with Gasteiger partial charge in [-0.25, -0.2) is 8.78 Å². The summed E-state index contributed by atoms with van der Waals surface area (Å²) in [5.74, 6) is -3.62. The summed E-state index contributed by atoms with van der Waals surface area (Å²) in [7, 11) is 0. The Kier molecular flexibility index (Phi) is 1.28. The molecular weight excluding hydrogens is 190 g/mol. The standard InChI is InChI=1S/C9H8F2N2O/c10-9(11)5-1-4-7(2-6(5)9)12-13-8(4)3-14/h3,5-6H,1-2H2,(H,12,13). The highest BCUT2D eigenvalue weighted by Gasteiger charge is 2.69. The van der Waals surface area contributed by atoms with Crippen LogP contribution in [0, 0.1) is 11.8 Å². The van der Waals surface area contributed by atoms with Gasteiger partial charge in [0.05, 0.1) is 0 Å². The molecule has 1 saturated carbocycles. The molecule has 1 aromatic heterocycles. The molecular formula is C9H8F2N2O. The van der Waals surface area contributed by atoms with Gasteiger partial charge in [0.25, 0.3) is 5.92 Å². The van der Waals surface area contributed by atoms with E-state index in [-0.39, 0.29) is 6.42 Å². The Morgan fingerprint density at radius 2 is 2.14 bits per heavy atom. The number of carbonyl (C=O) groups excluding carboxylic acids is 1. The first-order chi connectivity index (χ1) is 6.64. The van der Waals surface area contributed by atoms with Gasteiger partial charge in [-0.3, -0.25) is 9.89 Å². The van der Waals surface area contributed by atoms with Crippen LogP contribution in [0.2, 0.25) is 0 Å². The van der Waals surface area contributed by atoms with E-state index in [1.165, 1.54) is 0 Å². The van der Waals surface area contributed by atoms with Crippen LogP contribution in [0.3, 0.4) is 0 Å². The number of hydrogen-bond acceptors (Lipinski definition) is 2. The highest BCUT2D eigenvalue weighted by atomic mass is 19.3. The molecule has 2 aliphatic carbocycles. The van der Waals surface area contributed by atoms with Crippen molar-refractivity contribution in [1.29, 1.82) is 0 Å². The van der Waals surface area contributed by atoms with Gasteiger partial charge in [0.15, 0.2) is 6.29 Å². The van der Waals surface area contributed by atoms with Crippen LogP contribution < -0.4 is 0 Å². The second-order valence-corrected chi connectivity index (χ2v) is 3.98. The van der Waals surface area contributed by atoms with Crippen LogP contribution in [0.5, 0.6) is 0 Å². The third-order valence-corrected chi connectivity index (χ3v) is 3.31. The topological polar surface area (TPSA) is 45.8 Å². The quantitative estimate of drug-likeness (QED) is 0.689. The van der Waals surface area contributed by atoms with Gasteiger partial charge < -0.3 is 0 Å². The smallest absolute Gasteiger partial charge is 0.255 e. The summed E-state index contributed by atoms with van der Waals surface area (Å²) in [5.41, 5.74) is 1.70. The summed E-state index contributed by atoms with van der Waals surface area (Å²) in [6.07, 6.45) is 1.24. The summed E-state index contributed by atoms with van der Waals surface area (Å²) in [6.45, 7) is 0. The number of carbonyl (C=O) groups is 1. The Morgan fingerprint density at radius 1 is 1.43 bits per heavy atom. The maximum Gasteiger partial charge on any atom is 0.255 e. The van der Waals surface area contributed by atoms with Crippen LogP contribution in [0.15, 0.2) is 0 Å². The van der Waals surface area contributed by atoms with Crippen molar-refractivity contribution in [3.05, 3.63) is 17.0 Å². The first-order valence-corrected chi connectivity index (χ1v) is 4.53. The van der Waals surface area contributed by atoms with Crippen molar-refractivity contribution < 1.29 is 13.6 Å². The molecule has 3 rings (SSSR count). The van der Waals surface area contributed by atoms with E-state index in [1.807, 2.05) is 0 Å². The monoisotopic (exact) mass is 198 g/mol. The number of alkyl halides is 2. The fraction of sp³-hybridized carbons (Fsp3) is 0.556. The molecule has 0 amide bonds. The molecule has 1 fully saturated rings. The third kappa shape index (κ3) is 0.798. The molecule has 2 unspecified atom stereocenters. The van der Waals surface area contributed by atoms with E-state index in [9.17, 15) is 13.6 Å². The molecule has 2 aliphatic rings. The number of hydrogen-bond donors (Lipinski definition) is 1. The average Bonchev–Trinajstić information content (AvgIpc) is 2.59. The number of aldehydes is 1. The SMILES string of the molecule is O=Cc1n[nH]c2c1CC1C(C2)C1(F)F. The molecule has 0 bridgehead atoms. The molecule has 5 heteroatoms. The van der Waals surface area contributed by atoms with Crippen molar-refractivity contribution in [2.75, 3.05) is 0 Å². The minimum atomic E-state index is -2.53. The summed E-state index contributed by atoms with van der Waals surface area (Å²) in [6, 6.07) is 0. The van der Waals surface area contributed by atoms with Crippen molar-refractivity contribution in [3.8, 4) is 0 Å². The van der Waals surface area contributed by atoms with E-state index in [2.05, 4.69) is 10.2 Å². The van der Waals surface area contributed by atoms with Gasteiger partial charge in [0, 0.05) is 23.1 Å². The first kappa shape index (κ1) is 8.08. The second-order valence-electron chi connectivity index (χ2n) is 3.98. The number of halogens is 2. The molecule has 3 nitrogen and oxygen atoms in total. The Morgan fingerprint density at radius 3 is 2.86 bits per heavy atom. The summed E-state index contributed by atoms with van der Waals surface area (Å²) in [4.78, 5) is 10.6. The lowest BCUT2D eigenvalue weighted by Crippen LogP contribution is -2.05. The second kappa shape index (κ2) is 2.21. The first-order valence-electron chi connectivity index (χ1n) is 4.53. The molecule has 0 radical (unpaired) electrons. The largest absolute Gasteiger partial charge is 0.296 e. The van der Waals surface area contributed by atoms with Crippen LogP contribution in [-0.4, -0.2) is 22.4 Å². The summed E-state index contributed by atoms with van der Waals surface area (Å²) < 4.78 is 26.1. The van der Waals surface area contributed by atoms with Gasteiger partial charge in [-0.15, -0.1) is 0 Å². The van der Waals surface area contributed by atoms with Crippen molar-refractivity contribution in [3.63, 3.8) is 0 Å². The molecule has 14 heavy (non-hydrogen) atoms. The maximum atomic E-state index is 13.1. The fourth-order valence-electron chi connectivity index (χ4n) is 2.37. The van der Waals surface area contributed by atoms with Crippen LogP contribution >= 0.6 is 0 Å². The normalized spacial score (nSPS) is 31.9. The molecule has 1 N–H and O–H groups in total. The number of nitrogens with zero attached hydrogens (tertiary/aromatic N) is 1. The number of rotatable bonds is 1. The van der Waals surface area contributed by atoms with Gasteiger partial charge in [-0.2, -0.15) is 5.10 Å². The van der Waals surface area contributed by atoms with Crippen LogP contribution in [0.4, 0.5) is 8.78 Å². The van der Waals surface area contributed by atoms with Gasteiger partial charge >= 0.3 is 0 Å². The van der Waals surface area contributed by atoms with Gasteiger partial charge in [-0.05, 0) is 12.8 Å². The zero-order chi connectivity index (χ0) is 9.92. The molecule has 0 spiro atoms. The Balaban J connectivity index is 2.00. The number of aromatic nitrogens is 2. The van der Waals surface area contributed by atoms with Gasteiger partial charge in [0.2, 0.25) is 0 Å². The minimum Gasteiger partial charge on any atom is -0.296 e. The molecule has 1 aromatic rings. The summed E-state index contributed by atoms with van der Waals surface area (Å²) >= 11 is 0. The van der Waals surface area contributed by atoms with E-state index in [0.29, 0.717) is 29.7 Å². The molecule has 0 saturated heterocycles. The maximum absolute atomic E-state index is 13.1. The number of aromatic amines is 1. The van der Waals surface area contributed by atoms with E-state index in [4.69, 9.17) is 0 Å². The van der Waals surface area contributed by atoms with E-state index in [1.54, 1.807) is 0 Å². The number of nitrogens with one attached hydrogen (secondary N) is 1. The molecule has 74 valence electrons. The van der Waals surface area contributed by atoms with E-state index < -0.39 is 17.8 Å². The lowest BCUT2D eigenvalue weighted by molar-refractivity contribution is 0.0852. The molecule has 0 aromatic carbocycles. The van der Waals surface area contributed by atoms with E-state index >= 15 is 0 Å². The van der Waals surface area contributed by atoms with Crippen molar-refractivity contribution in [1.82, 2.24) is 10.2 Å². The fourth-order valence-corrected chi connectivity index (χ4v) is 2.37. The van der Waals surface area contributed by atoms with Crippen molar-refractivity contribution in [2.45, 2.75) is 18.8 Å². The lowest BCUT2D eigenvalue weighted by atomic mass is 9.96. The summed E-state index contributed by atoms with van der Waals surface area (Å²) in [5, 5.41) is 6.44. The van der Waals surface area contributed by atoms with E-state index in [0.717, 1.165) is 0 Å². The predicted octanol–water partition coefficient (Wildman–Crippen LogP) is 1.20. The van der Waals surface area contributed by atoms with Crippen molar-refractivity contribution >= 4 is 6.29 Å². The van der Waals surface area contributed by atoms with Crippen LogP contribution in [-0.2, 0) is 12.8 Å². The third-order valence-electron chi connectivity index (χ3n) is 3.31. The minimum absolute atomic E-state index is 0.289.